The number of ether oxygens (including phenoxy) is 1. The van der Waals surface area contributed by atoms with Gasteiger partial charge in [0.25, 0.3) is 0 Å². The number of hydrogen-bond donors (Lipinski definition) is 0. The van der Waals surface area contributed by atoms with Gasteiger partial charge in [0, 0.05) is 10.2 Å². The molecule has 0 saturated carbocycles. The topological polar surface area (TPSA) is 9.23 Å². The monoisotopic (exact) mass is 166 g/mol. The van der Waals surface area contributed by atoms with Gasteiger partial charge in [-0.15, -0.1) is 0 Å². The van der Waals surface area contributed by atoms with Crippen LogP contribution in [0.3, 0.4) is 0 Å². The van der Waals surface area contributed by atoms with Crippen molar-refractivity contribution in [3.05, 3.63) is 0 Å². The molecule has 0 rings (SSSR count). The van der Waals surface area contributed by atoms with Crippen molar-refractivity contribution in [1.29, 1.82) is 0 Å². The molecule has 0 saturated heterocycles. The molecule has 0 N–H and O–H groups in total. The summed E-state index contributed by atoms with van der Waals surface area (Å²) in [4.78, 5) is 0. The van der Waals surface area contributed by atoms with Crippen molar-refractivity contribution in [1.82, 2.24) is 0 Å². The van der Waals surface area contributed by atoms with Gasteiger partial charge in [-0.25, -0.2) is 0 Å². The fourth-order valence-corrected chi connectivity index (χ4v) is 0.755. The van der Waals surface area contributed by atoms with Crippen molar-refractivity contribution in [3.8, 4) is 0 Å². The fraction of sp³-hybridized carbons (Fsp3) is 1.00. The lowest BCUT2D eigenvalue weighted by Gasteiger charge is -2.28. The van der Waals surface area contributed by atoms with Gasteiger partial charge in [0.15, 0.2) is 0 Å². The van der Waals surface area contributed by atoms with Crippen LogP contribution in [0.2, 0.25) is 5.54 Å². The second-order valence-electron chi connectivity index (χ2n) is 3.01. The van der Waals surface area contributed by atoms with Crippen LogP contribution in [0.5, 0.6) is 0 Å². The standard InChI is InChI=1S/C6H15ClOSi/c1-5(9)6(2,3)8-4-7/h5H,4H2,1-3,9H3. The Balaban J connectivity index is 3.70. The first-order chi connectivity index (χ1) is 4.00. The Bertz CT molecular complexity index is 83.1. The zero-order chi connectivity index (χ0) is 7.49. The third kappa shape index (κ3) is 3.23. The molecule has 0 spiro atoms. The molecule has 1 unspecified atom stereocenters. The van der Waals surface area contributed by atoms with E-state index in [0.717, 1.165) is 10.2 Å². The first-order valence-electron chi connectivity index (χ1n) is 3.20. The van der Waals surface area contributed by atoms with Gasteiger partial charge in [0.05, 0.1) is 5.60 Å². The molecule has 0 aromatic rings. The van der Waals surface area contributed by atoms with Gasteiger partial charge in [-0.1, -0.05) is 18.5 Å². The predicted octanol–water partition coefficient (Wildman–Crippen LogP) is 1.15. The molecule has 3 heteroatoms. The van der Waals surface area contributed by atoms with Gasteiger partial charge in [-0.3, -0.25) is 0 Å². The Morgan fingerprint density at radius 2 is 2.11 bits per heavy atom. The zero-order valence-corrected chi connectivity index (χ0v) is 9.33. The van der Waals surface area contributed by atoms with Gasteiger partial charge in [-0.2, -0.15) is 0 Å². The summed E-state index contributed by atoms with van der Waals surface area (Å²) in [6.07, 6.45) is 0. The van der Waals surface area contributed by atoms with E-state index < -0.39 is 0 Å². The largest absolute Gasteiger partial charge is 0.360 e. The summed E-state index contributed by atoms with van der Waals surface area (Å²) in [5.41, 5.74) is 0.629. The number of rotatable bonds is 3. The third-order valence-electron chi connectivity index (χ3n) is 1.82. The minimum atomic E-state index is -0.0199. The maximum Gasteiger partial charge on any atom is 0.121 e. The summed E-state index contributed by atoms with van der Waals surface area (Å²) in [6, 6.07) is 0.305. The summed E-state index contributed by atoms with van der Waals surface area (Å²) in [5, 5.41) is 0. The second kappa shape index (κ2) is 3.59. The molecule has 0 bridgehead atoms. The van der Waals surface area contributed by atoms with E-state index in [1.165, 1.54) is 0 Å². The molecular weight excluding hydrogens is 152 g/mol. The SMILES string of the molecule is CC([SiH3])C(C)(C)OCCl. The van der Waals surface area contributed by atoms with Gasteiger partial charge in [-0.05, 0) is 19.4 Å². The number of hydrogen-bond acceptors (Lipinski definition) is 1. The first-order valence-corrected chi connectivity index (χ1v) is 4.89. The summed E-state index contributed by atoms with van der Waals surface area (Å²) in [7, 11) is 1.16. The Morgan fingerprint density at radius 1 is 1.67 bits per heavy atom. The summed E-state index contributed by atoms with van der Waals surface area (Å²) >= 11 is 5.42. The van der Waals surface area contributed by atoms with Crippen LogP contribution in [0.1, 0.15) is 20.8 Å². The van der Waals surface area contributed by atoms with E-state index in [1.54, 1.807) is 0 Å². The highest BCUT2D eigenvalue weighted by atomic mass is 35.5. The Morgan fingerprint density at radius 3 is 2.22 bits per heavy atom. The van der Waals surface area contributed by atoms with Crippen LogP contribution in [-0.2, 0) is 4.74 Å². The van der Waals surface area contributed by atoms with Crippen molar-refractivity contribution in [2.45, 2.75) is 31.9 Å². The molecule has 0 aliphatic rings. The van der Waals surface area contributed by atoms with Crippen molar-refractivity contribution in [3.63, 3.8) is 0 Å². The summed E-state index contributed by atoms with van der Waals surface area (Å²) in [5.74, 6) is 0. The van der Waals surface area contributed by atoms with Gasteiger partial charge in [0.2, 0.25) is 0 Å². The van der Waals surface area contributed by atoms with Crippen molar-refractivity contribution in [2.24, 2.45) is 0 Å². The quantitative estimate of drug-likeness (QED) is 0.452. The van der Waals surface area contributed by atoms with E-state index in [0.29, 0.717) is 11.6 Å². The van der Waals surface area contributed by atoms with Crippen LogP contribution in [0, 0.1) is 0 Å². The summed E-state index contributed by atoms with van der Waals surface area (Å²) < 4.78 is 5.29. The van der Waals surface area contributed by atoms with E-state index in [4.69, 9.17) is 16.3 Å². The van der Waals surface area contributed by atoms with Crippen LogP contribution >= 0.6 is 11.6 Å². The molecule has 9 heavy (non-hydrogen) atoms. The van der Waals surface area contributed by atoms with E-state index >= 15 is 0 Å². The smallest absolute Gasteiger partial charge is 0.121 e. The lowest BCUT2D eigenvalue weighted by Crippen LogP contribution is -2.28. The van der Waals surface area contributed by atoms with E-state index in [2.05, 4.69) is 20.8 Å². The molecular formula is C6H15ClOSi. The average Bonchev–Trinajstić information content (AvgIpc) is 1.65. The molecule has 1 nitrogen and oxygen atoms in total. The second-order valence-corrected chi connectivity index (χ2v) is 4.96. The Hall–Kier alpha value is 0.467. The van der Waals surface area contributed by atoms with Crippen molar-refractivity contribution >= 4 is 21.8 Å². The molecule has 0 aliphatic carbocycles. The molecule has 0 heterocycles. The van der Waals surface area contributed by atoms with Crippen molar-refractivity contribution < 1.29 is 4.74 Å². The zero-order valence-electron chi connectivity index (χ0n) is 6.57. The number of halogens is 1. The van der Waals surface area contributed by atoms with E-state index in [9.17, 15) is 0 Å². The molecule has 1 atom stereocenters. The molecule has 0 radical (unpaired) electrons. The molecule has 0 amide bonds. The Labute approximate surface area is 65.2 Å². The van der Waals surface area contributed by atoms with Crippen LogP contribution in [-0.4, -0.2) is 21.9 Å². The fourth-order valence-electron chi connectivity index (χ4n) is 0.307. The summed E-state index contributed by atoms with van der Waals surface area (Å²) in [6.45, 7) is 6.33. The minimum absolute atomic E-state index is 0.0199. The van der Waals surface area contributed by atoms with Gasteiger partial charge >= 0.3 is 0 Å². The van der Waals surface area contributed by atoms with Gasteiger partial charge in [0.1, 0.15) is 6.07 Å². The van der Waals surface area contributed by atoms with E-state index in [-0.39, 0.29) is 5.60 Å². The molecule has 0 aliphatic heterocycles. The highest BCUT2D eigenvalue weighted by Gasteiger charge is 2.21. The lowest BCUT2D eigenvalue weighted by atomic mass is 10.1. The average molecular weight is 167 g/mol. The van der Waals surface area contributed by atoms with Crippen molar-refractivity contribution in [2.75, 3.05) is 6.07 Å². The van der Waals surface area contributed by atoms with Crippen LogP contribution in [0.15, 0.2) is 0 Å². The van der Waals surface area contributed by atoms with Crippen LogP contribution in [0.25, 0.3) is 0 Å². The normalized spacial score (nSPS) is 16.0. The minimum Gasteiger partial charge on any atom is -0.360 e. The molecule has 0 aromatic carbocycles. The third-order valence-corrected chi connectivity index (χ3v) is 3.32. The molecule has 56 valence electrons. The number of alkyl halides is 1. The first kappa shape index (κ1) is 9.47. The van der Waals surface area contributed by atoms with Crippen LogP contribution < -0.4 is 0 Å². The van der Waals surface area contributed by atoms with Crippen LogP contribution in [0.4, 0.5) is 0 Å². The predicted molar refractivity (Wildman–Crippen MR) is 45.2 cm³/mol. The highest BCUT2D eigenvalue weighted by Crippen LogP contribution is 2.22. The maximum absolute atomic E-state index is 5.42. The lowest BCUT2D eigenvalue weighted by molar-refractivity contribution is 0.00786. The highest BCUT2D eigenvalue weighted by molar-refractivity contribution is 6.17. The maximum atomic E-state index is 5.42. The molecule has 0 fully saturated rings. The van der Waals surface area contributed by atoms with E-state index in [1.807, 2.05) is 0 Å². The van der Waals surface area contributed by atoms with Gasteiger partial charge < -0.3 is 4.74 Å². The molecule has 0 aromatic heterocycles. The Kier molecular flexibility index (Phi) is 3.78.